The van der Waals surface area contributed by atoms with Gasteiger partial charge in [-0.2, -0.15) is 5.10 Å². The summed E-state index contributed by atoms with van der Waals surface area (Å²) in [5, 5.41) is 11.9. The zero-order valence-corrected chi connectivity index (χ0v) is 28.8. The van der Waals surface area contributed by atoms with Crippen LogP contribution in [0.15, 0.2) is 89.3 Å². The minimum absolute atomic E-state index is 0.314. The van der Waals surface area contributed by atoms with Crippen molar-refractivity contribution in [3.63, 3.8) is 0 Å². The first-order valence-corrected chi connectivity index (χ1v) is 16.4. The third-order valence-electron chi connectivity index (χ3n) is 5.83. The van der Waals surface area contributed by atoms with Gasteiger partial charge in [0.2, 0.25) is 0 Å². The number of aromatic nitrogens is 1. The van der Waals surface area contributed by atoms with E-state index in [1.165, 1.54) is 11.3 Å². The van der Waals surface area contributed by atoms with E-state index in [0.29, 0.717) is 27.2 Å². The Balaban J connectivity index is 1.17. The molecule has 12 heteroatoms. The van der Waals surface area contributed by atoms with Crippen molar-refractivity contribution in [1.29, 1.82) is 0 Å². The molecule has 0 fully saturated rings. The standard InChI is InChI=1S/C30H19Cl3I2N4O2S/c31-21-7-9-23(10-8-21)37-30-38-27(16-42-30)18-1-3-19(4-2-18)29(40)39-36-14-17-11-25(34)28(26(35)12-17)41-15-20-5-6-22(32)13-24(20)33/h1-14,16H,15H2,(H,37,38)(H,39,40)/b36-14-. The smallest absolute Gasteiger partial charge is 0.271 e. The number of carbonyl (C=O) groups is 1. The number of ether oxygens (including phenoxy) is 1. The summed E-state index contributed by atoms with van der Waals surface area (Å²) in [6.45, 7) is 0.314. The van der Waals surface area contributed by atoms with Crippen molar-refractivity contribution in [2.24, 2.45) is 5.10 Å². The van der Waals surface area contributed by atoms with Crippen LogP contribution in [0.1, 0.15) is 21.5 Å². The van der Waals surface area contributed by atoms with E-state index in [1.807, 2.05) is 60.0 Å². The fourth-order valence-corrected chi connectivity index (χ4v) is 7.18. The second-order valence-corrected chi connectivity index (χ2v) is 13.2. The highest BCUT2D eigenvalue weighted by atomic mass is 127. The van der Waals surface area contributed by atoms with E-state index in [0.717, 1.165) is 46.1 Å². The van der Waals surface area contributed by atoms with E-state index >= 15 is 0 Å². The van der Waals surface area contributed by atoms with E-state index in [1.54, 1.807) is 30.5 Å². The van der Waals surface area contributed by atoms with Crippen molar-refractivity contribution in [2.45, 2.75) is 6.61 Å². The molecule has 1 aromatic heterocycles. The van der Waals surface area contributed by atoms with E-state index < -0.39 is 0 Å². The summed E-state index contributed by atoms with van der Waals surface area (Å²) in [5.74, 6) is 0.432. The van der Waals surface area contributed by atoms with Crippen molar-refractivity contribution >= 4 is 114 Å². The molecule has 0 bridgehead atoms. The number of hydrazone groups is 1. The van der Waals surface area contributed by atoms with E-state index in [9.17, 15) is 4.79 Å². The molecule has 0 radical (unpaired) electrons. The number of amides is 1. The van der Waals surface area contributed by atoms with Gasteiger partial charge in [0.1, 0.15) is 12.4 Å². The number of thiazole rings is 1. The molecular weight excluding hydrogens is 841 g/mol. The summed E-state index contributed by atoms with van der Waals surface area (Å²) in [7, 11) is 0. The van der Waals surface area contributed by atoms with Gasteiger partial charge in [-0.25, -0.2) is 10.4 Å². The van der Waals surface area contributed by atoms with Crippen LogP contribution < -0.4 is 15.5 Å². The third kappa shape index (κ3) is 8.14. The lowest BCUT2D eigenvalue weighted by Gasteiger charge is -2.12. The first-order chi connectivity index (χ1) is 20.2. The predicted octanol–water partition coefficient (Wildman–Crippen LogP) is 10.1. The normalized spacial score (nSPS) is 11.1. The fourth-order valence-electron chi connectivity index (χ4n) is 3.72. The Bertz CT molecular complexity index is 1740. The largest absolute Gasteiger partial charge is 0.487 e. The minimum atomic E-state index is -0.314. The molecule has 0 saturated heterocycles. The second-order valence-electron chi connectivity index (χ2n) is 8.78. The molecule has 212 valence electrons. The summed E-state index contributed by atoms with van der Waals surface area (Å²) in [6.07, 6.45) is 1.60. The Labute approximate surface area is 288 Å². The number of carbonyl (C=O) groups excluding carboxylic acids is 1. The number of halogens is 5. The van der Waals surface area contributed by atoms with Gasteiger partial charge in [0, 0.05) is 42.8 Å². The molecule has 0 atom stereocenters. The van der Waals surface area contributed by atoms with Crippen LogP contribution in [-0.2, 0) is 6.61 Å². The number of nitrogens with one attached hydrogen (secondary N) is 2. The highest BCUT2D eigenvalue weighted by Gasteiger charge is 2.11. The van der Waals surface area contributed by atoms with Gasteiger partial charge in [-0.05, 0) is 111 Å². The Morgan fingerprint density at radius 3 is 2.31 bits per heavy atom. The van der Waals surface area contributed by atoms with Crippen LogP contribution >= 0.6 is 91.3 Å². The molecule has 4 aromatic carbocycles. The molecule has 0 aliphatic heterocycles. The molecular formula is C30H19Cl3I2N4O2S. The number of hydrogen-bond donors (Lipinski definition) is 2. The van der Waals surface area contributed by atoms with Gasteiger partial charge in [-0.3, -0.25) is 4.79 Å². The Morgan fingerprint density at radius 2 is 1.62 bits per heavy atom. The Hall–Kier alpha value is -2.42. The number of anilines is 2. The Morgan fingerprint density at radius 1 is 0.929 bits per heavy atom. The predicted molar refractivity (Wildman–Crippen MR) is 190 cm³/mol. The quantitative estimate of drug-likeness (QED) is 0.0880. The average Bonchev–Trinajstić information content (AvgIpc) is 3.43. The molecule has 1 heterocycles. The maximum Gasteiger partial charge on any atom is 0.271 e. The summed E-state index contributed by atoms with van der Waals surface area (Å²) in [5.41, 5.74) is 7.36. The zero-order valence-electron chi connectivity index (χ0n) is 21.4. The zero-order chi connectivity index (χ0) is 29.6. The molecule has 1 amide bonds. The Kier molecular flexibility index (Phi) is 10.6. The van der Waals surface area contributed by atoms with Crippen molar-refractivity contribution in [3.8, 4) is 17.0 Å². The number of benzene rings is 4. The van der Waals surface area contributed by atoms with Crippen LogP contribution in [0, 0.1) is 7.14 Å². The molecule has 0 spiro atoms. The maximum absolute atomic E-state index is 12.7. The van der Waals surface area contributed by atoms with Crippen molar-refractivity contribution in [2.75, 3.05) is 5.32 Å². The summed E-state index contributed by atoms with van der Waals surface area (Å²) < 4.78 is 7.84. The van der Waals surface area contributed by atoms with Crippen LogP contribution in [0.25, 0.3) is 11.3 Å². The fraction of sp³-hybridized carbons (Fsp3) is 0.0333. The van der Waals surface area contributed by atoms with Crippen molar-refractivity contribution < 1.29 is 9.53 Å². The highest BCUT2D eigenvalue weighted by Crippen LogP contribution is 2.31. The summed E-state index contributed by atoms with van der Waals surface area (Å²) in [6, 6.07) is 23.8. The summed E-state index contributed by atoms with van der Waals surface area (Å²) in [4.78, 5) is 17.3. The topological polar surface area (TPSA) is 75.6 Å². The molecule has 0 unspecified atom stereocenters. The molecule has 5 aromatic rings. The second kappa shape index (κ2) is 14.4. The van der Waals surface area contributed by atoms with Gasteiger partial charge in [-0.15, -0.1) is 11.3 Å². The van der Waals surface area contributed by atoms with Gasteiger partial charge in [-0.1, -0.05) is 53.0 Å². The number of hydrogen-bond acceptors (Lipinski definition) is 6. The van der Waals surface area contributed by atoms with Crippen LogP contribution in [0.2, 0.25) is 15.1 Å². The first kappa shape index (κ1) is 31.0. The highest BCUT2D eigenvalue weighted by molar-refractivity contribution is 14.1. The molecule has 0 aliphatic rings. The lowest BCUT2D eigenvalue weighted by Crippen LogP contribution is -2.17. The van der Waals surface area contributed by atoms with Gasteiger partial charge in [0.25, 0.3) is 5.91 Å². The number of rotatable bonds is 9. The van der Waals surface area contributed by atoms with Crippen LogP contribution in [0.4, 0.5) is 10.8 Å². The SMILES string of the molecule is O=C(N/N=C\c1cc(I)c(OCc2ccc(Cl)cc2Cl)c(I)c1)c1ccc(-c2csc(Nc3ccc(Cl)cc3)n2)cc1. The average molecular weight is 860 g/mol. The van der Waals surface area contributed by atoms with Crippen LogP contribution in [0.3, 0.4) is 0 Å². The minimum Gasteiger partial charge on any atom is -0.487 e. The maximum atomic E-state index is 12.7. The molecule has 0 saturated carbocycles. The lowest BCUT2D eigenvalue weighted by atomic mass is 10.1. The molecule has 42 heavy (non-hydrogen) atoms. The van der Waals surface area contributed by atoms with Gasteiger partial charge in [0.15, 0.2) is 5.13 Å². The van der Waals surface area contributed by atoms with Crippen LogP contribution in [-0.4, -0.2) is 17.1 Å². The van der Waals surface area contributed by atoms with Crippen molar-refractivity contribution in [3.05, 3.63) is 123 Å². The van der Waals surface area contributed by atoms with Crippen molar-refractivity contribution in [1.82, 2.24) is 10.4 Å². The lowest BCUT2D eigenvalue weighted by molar-refractivity contribution is 0.0955. The molecule has 5 rings (SSSR count). The van der Waals surface area contributed by atoms with Gasteiger partial charge >= 0.3 is 0 Å². The third-order valence-corrected chi connectivity index (χ3v) is 9.03. The first-order valence-electron chi connectivity index (χ1n) is 12.2. The molecule has 0 aliphatic carbocycles. The van der Waals surface area contributed by atoms with Crippen LogP contribution in [0.5, 0.6) is 5.75 Å². The molecule has 2 N–H and O–H groups in total. The van der Waals surface area contributed by atoms with Gasteiger partial charge < -0.3 is 10.1 Å². The van der Waals surface area contributed by atoms with Gasteiger partial charge in [0.05, 0.1) is 19.0 Å². The van der Waals surface area contributed by atoms with E-state index in [4.69, 9.17) is 39.5 Å². The number of nitrogens with zero attached hydrogens (tertiary/aromatic N) is 2. The van der Waals surface area contributed by atoms with E-state index in [2.05, 4.69) is 66.0 Å². The summed E-state index contributed by atoms with van der Waals surface area (Å²) >= 11 is 24.1. The molecule has 6 nitrogen and oxygen atoms in total. The van der Waals surface area contributed by atoms with E-state index in [-0.39, 0.29) is 5.91 Å². The monoisotopic (exact) mass is 858 g/mol.